The number of nitrogens with one attached hydrogen (secondary N) is 2. The molecule has 1 aliphatic rings. The third kappa shape index (κ3) is 2.71. The van der Waals surface area contributed by atoms with Crippen molar-refractivity contribution >= 4 is 12.0 Å². The van der Waals surface area contributed by atoms with Crippen LogP contribution in [0.3, 0.4) is 0 Å². The molecule has 1 aromatic carbocycles. The molecule has 0 aliphatic carbocycles. The van der Waals surface area contributed by atoms with Gasteiger partial charge in [0.2, 0.25) is 5.91 Å². The first-order valence-corrected chi connectivity index (χ1v) is 5.53. The standard InChI is InChI=1S/C12H14N2O4/c1-17-10-5-3-2-4-8(10)6-13-11(15)9-7-18-12(16)14-9/h2-5,9H,6-7H2,1H3,(H,13,15)(H,14,16). The molecule has 2 N–H and O–H groups in total. The summed E-state index contributed by atoms with van der Waals surface area (Å²) < 4.78 is 9.82. The van der Waals surface area contributed by atoms with E-state index in [0.717, 1.165) is 5.56 Å². The third-order valence-corrected chi connectivity index (χ3v) is 2.64. The van der Waals surface area contributed by atoms with Gasteiger partial charge in [-0.3, -0.25) is 4.79 Å². The van der Waals surface area contributed by atoms with Crippen molar-refractivity contribution in [1.29, 1.82) is 0 Å². The van der Waals surface area contributed by atoms with Crippen LogP contribution in [0.15, 0.2) is 24.3 Å². The predicted molar refractivity (Wildman–Crippen MR) is 63.1 cm³/mol. The fourth-order valence-corrected chi connectivity index (χ4v) is 1.68. The van der Waals surface area contributed by atoms with Gasteiger partial charge >= 0.3 is 6.09 Å². The molecule has 6 nitrogen and oxygen atoms in total. The van der Waals surface area contributed by atoms with Crippen LogP contribution < -0.4 is 15.4 Å². The smallest absolute Gasteiger partial charge is 0.407 e. The Labute approximate surface area is 104 Å². The van der Waals surface area contributed by atoms with E-state index in [1.807, 2.05) is 24.3 Å². The lowest BCUT2D eigenvalue weighted by Gasteiger charge is -2.11. The number of carbonyl (C=O) groups is 2. The van der Waals surface area contributed by atoms with E-state index in [9.17, 15) is 9.59 Å². The lowest BCUT2D eigenvalue weighted by molar-refractivity contribution is -0.123. The SMILES string of the molecule is COc1ccccc1CNC(=O)C1COC(=O)N1. The molecule has 0 bridgehead atoms. The van der Waals surface area contributed by atoms with Crippen molar-refractivity contribution in [3.05, 3.63) is 29.8 Å². The summed E-state index contributed by atoms with van der Waals surface area (Å²) in [6, 6.07) is 6.79. The molecule has 18 heavy (non-hydrogen) atoms. The van der Waals surface area contributed by atoms with Gasteiger partial charge in [-0.15, -0.1) is 0 Å². The molecular formula is C12H14N2O4. The Morgan fingerprint density at radius 3 is 3.00 bits per heavy atom. The molecular weight excluding hydrogens is 236 g/mol. The second-order valence-corrected chi connectivity index (χ2v) is 3.83. The van der Waals surface area contributed by atoms with E-state index >= 15 is 0 Å². The van der Waals surface area contributed by atoms with Gasteiger partial charge in [0.05, 0.1) is 7.11 Å². The number of hydrogen-bond acceptors (Lipinski definition) is 4. The number of amides is 2. The molecule has 2 amide bonds. The molecule has 0 radical (unpaired) electrons. The summed E-state index contributed by atoms with van der Waals surface area (Å²) in [5.74, 6) is 0.441. The largest absolute Gasteiger partial charge is 0.496 e. The molecule has 1 aliphatic heterocycles. The van der Waals surface area contributed by atoms with Gasteiger partial charge in [0, 0.05) is 12.1 Å². The number of alkyl carbamates (subject to hydrolysis) is 1. The lowest BCUT2D eigenvalue weighted by atomic mass is 10.2. The number of methoxy groups -OCH3 is 1. The Kier molecular flexibility index (Phi) is 3.66. The maximum Gasteiger partial charge on any atom is 0.407 e. The highest BCUT2D eigenvalue weighted by Gasteiger charge is 2.28. The van der Waals surface area contributed by atoms with E-state index in [2.05, 4.69) is 15.4 Å². The van der Waals surface area contributed by atoms with Crippen LogP contribution in [-0.4, -0.2) is 31.8 Å². The van der Waals surface area contributed by atoms with E-state index in [-0.39, 0.29) is 12.5 Å². The highest BCUT2D eigenvalue weighted by Crippen LogP contribution is 2.16. The first-order chi connectivity index (χ1) is 8.70. The molecule has 1 heterocycles. The molecule has 1 saturated heterocycles. The first kappa shape index (κ1) is 12.2. The number of carbonyl (C=O) groups excluding carboxylic acids is 2. The van der Waals surface area contributed by atoms with Crippen LogP contribution in [0.5, 0.6) is 5.75 Å². The number of cyclic esters (lactones) is 1. The zero-order valence-corrected chi connectivity index (χ0v) is 9.93. The number of para-hydroxylation sites is 1. The highest BCUT2D eigenvalue weighted by molar-refractivity contribution is 5.87. The minimum absolute atomic E-state index is 0.0661. The fraction of sp³-hybridized carbons (Fsp3) is 0.333. The molecule has 0 saturated carbocycles. The van der Waals surface area contributed by atoms with Crippen molar-refractivity contribution in [1.82, 2.24) is 10.6 Å². The number of hydrogen-bond donors (Lipinski definition) is 2. The monoisotopic (exact) mass is 250 g/mol. The van der Waals surface area contributed by atoms with Gasteiger partial charge in [-0.1, -0.05) is 18.2 Å². The predicted octanol–water partition coefficient (Wildman–Crippen LogP) is 0.420. The topological polar surface area (TPSA) is 76.7 Å². The van der Waals surface area contributed by atoms with Crippen LogP contribution in [0.4, 0.5) is 4.79 Å². The van der Waals surface area contributed by atoms with Crippen LogP contribution in [0.2, 0.25) is 0 Å². The Balaban J connectivity index is 1.91. The van der Waals surface area contributed by atoms with Gasteiger partial charge < -0.3 is 20.1 Å². The van der Waals surface area contributed by atoms with E-state index < -0.39 is 12.1 Å². The van der Waals surface area contributed by atoms with Crippen molar-refractivity contribution in [3.8, 4) is 5.75 Å². The number of rotatable bonds is 4. The van der Waals surface area contributed by atoms with Gasteiger partial charge in [0.1, 0.15) is 18.4 Å². The Hall–Kier alpha value is -2.24. The summed E-state index contributed by atoms with van der Waals surface area (Å²) in [4.78, 5) is 22.5. The molecule has 1 aromatic rings. The van der Waals surface area contributed by atoms with E-state index in [0.29, 0.717) is 12.3 Å². The van der Waals surface area contributed by atoms with E-state index in [1.54, 1.807) is 7.11 Å². The average Bonchev–Trinajstić information content (AvgIpc) is 2.83. The molecule has 1 atom stereocenters. The van der Waals surface area contributed by atoms with Gasteiger partial charge in [-0.2, -0.15) is 0 Å². The maximum atomic E-state index is 11.7. The first-order valence-electron chi connectivity index (χ1n) is 5.53. The molecule has 0 spiro atoms. The average molecular weight is 250 g/mol. The normalized spacial score (nSPS) is 17.8. The fourth-order valence-electron chi connectivity index (χ4n) is 1.68. The number of benzene rings is 1. The molecule has 6 heteroatoms. The van der Waals surface area contributed by atoms with Gasteiger partial charge in [0.15, 0.2) is 0 Å². The van der Waals surface area contributed by atoms with E-state index in [4.69, 9.17) is 4.74 Å². The molecule has 1 fully saturated rings. The van der Waals surface area contributed by atoms with E-state index in [1.165, 1.54) is 0 Å². The second-order valence-electron chi connectivity index (χ2n) is 3.83. The maximum absolute atomic E-state index is 11.7. The number of ether oxygens (including phenoxy) is 2. The van der Waals surface area contributed by atoms with Crippen LogP contribution in [0.1, 0.15) is 5.56 Å². The molecule has 2 rings (SSSR count). The Morgan fingerprint density at radius 1 is 1.56 bits per heavy atom. The van der Waals surface area contributed by atoms with Crippen molar-refractivity contribution in [2.75, 3.05) is 13.7 Å². The molecule has 0 aromatic heterocycles. The van der Waals surface area contributed by atoms with Crippen molar-refractivity contribution < 1.29 is 19.1 Å². The molecule has 1 unspecified atom stereocenters. The Morgan fingerprint density at radius 2 is 2.33 bits per heavy atom. The summed E-state index contributed by atoms with van der Waals surface area (Å²) in [6.45, 7) is 0.409. The van der Waals surface area contributed by atoms with Crippen molar-refractivity contribution in [3.63, 3.8) is 0 Å². The van der Waals surface area contributed by atoms with Crippen LogP contribution in [0.25, 0.3) is 0 Å². The summed E-state index contributed by atoms with van der Waals surface area (Å²) >= 11 is 0. The van der Waals surface area contributed by atoms with Crippen LogP contribution in [0, 0.1) is 0 Å². The minimum atomic E-state index is -0.618. The summed E-state index contributed by atoms with van der Waals surface area (Å²) in [5, 5.41) is 5.14. The van der Waals surface area contributed by atoms with Gasteiger partial charge in [-0.25, -0.2) is 4.79 Å². The quantitative estimate of drug-likeness (QED) is 0.812. The van der Waals surface area contributed by atoms with Crippen LogP contribution in [-0.2, 0) is 16.1 Å². The lowest BCUT2D eigenvalue weighted by Crippen LogP contribution is -2.42. The van der Waals surface area contributed by atoms with Gasteiger partial charge in [0.25, 0.3) is 0 Å². The summed E-state index contributed by atoms with van der Waals surface area (Å²) in [6.07, 6.45) is -0.563. The van der Waals surface area contributed by atoms with Gasteiger partial charge in [-0.05, 0) is 6.07 Å². The Bertz CT molecular complexity index is 461. The highest BCUT2D eigenvalue weighted by atomic mass is 16.6. The minimum Gasteiger partial charge on any atom is -0.496 e. The zero-order valence-electron chi connectivity index (χ0n) is 9.93. The summed E-state index contributed by atoms with van der Waals surface area (Å²) in [7, 11) is 1.58. The second kappa shape index (κ2) is 5.39. The summed E-state index contributed by atoms with van der Waals surface area (Å²) in [5.41, 5.74) is 0.874. The van der Waals surface area contributed by atoms with Crippen LogP contribution >= 0.6 is 0 Å². The molecule has 96 valence electrons. The van der Waals surface area contributed by atoms with Crippen molar-refractivity contribution in [2.45, 2.75) is 12.6 Å². The third-order valence-electron chi connectivity index (χ3n) is 2.64. The zero-order chi connectivity index (χ0) is 13.0. The van der Waals surface area contributed by atoms with Crippen molar-refractivity contribution in [2.24, 2.45) is 0 Å².